The van der Waals surface area contributed by atoms with Gasteiger partial charge in [-0.15, -0.1) is 0 Å². The predicted octanol–water partition coefficient (Wildman–Crippen LogP) is 1.53. The molecule has 0 aliphatic heterocycles. The summed E-state index contributed by atoms with van der Waals surface area (Å²) in [5.41, 5.74) is 0. The van der Waals surface area contributed by atoms with Crippen LogP contribution >= 0.6 is 7.60 Å². The Bertz CT molecular complexity index is 284. The molecule has 0 radical (unpaired) electrons. The van der Waals surface area contributed by atoms with Crippen molar-refractivity contribution in [1.29, 1.82) is 0 Å². The van der Waals surface area contributed by atoms with Crippen molar-refractivity contribution in [2.24, 2.45) is 0 Å². The molecule has 0 saturated heterocycles. The monoisotopic (exact) mass is 265 g/mol. The Morgan fingerprint density at radius 1 is 1.29 bits per heavy atom. The number of hydrogen-bond donors (Lipinski definition) is 1. The van der Waals surface area contributed by atoms with Crippen LogP contribution in [0.3, 0.4) is 0 Å². The van der Waals surface area contributed by atoms with Crippen LogP contribution in [0.2, 0.25) is 0 Å². The lowest BCUT2D eigenvalue weighted by Gasteiger charge is -2.07. The van der Waals surface area contributed by atoms with Gasteiger partial charge in [0.1, 0.15) is 6.61 Å². The van der Waals surface area contributed by atoms with Gasteiger partial charge in [-0.2, -0.15) is 0 Å². The van der Waals surface area contributed by atoms with E-state index in [9.17, 15) is 9.36 Å². The molecule has 0 aliphatic rings. The number of ether oxygens (including phenoxy) is 1. The fourth-order valence-corrected chi connectivity index (χ4v) is 1.62. The Labute approximate surface area is 102 Å². The molecule has 0 atom stereocenters. The highest BCUT2D eigenvalue weighted by atomic mass is 31.2. The van der Waals surface area contributed by atoms with Gasteiger partial charge < -0.3 is 19.1 Å². The summed E-state index contributed by atoms with van der Waals surface area (Å²) in [5.74, 6) is 0.507. The molecule has 0 unspecified atom stereocenters. The molecular weight excluding hydrogens is 245 g/mol. The fraction of sp³-hybridized carbons (Fsp3) is 0.700. The number of nitrogens with one attached hydrogen (secondary N) is 1. The van der Waals surface area contributed by atoms with Gasteiger partial charge >= 0.3 is 13.6 Å². The molecule has 0 rings (SSSR count). The molecule has 0 aromatic carbocycles. The van der Waals surface area contributed by atoms with Crippen LogP contribution in [-0.4, -0.2) is 39.9 Å². The van der Waals surface area contributed by atoms with Crippen LogP contribution in [0.25, 0.3) is 0 Å². The quantitative estimate of drug-likeness (QED) is 0.295. The molecule has 0 spiro atoms. The van der Waals surface area contributed by atoms with Crippen molar-refractivity contribution < 1.29 is 23.1 Å². The lowest BCUT2D eigenvalue weighted by Crippen LogP contribution is -2.21. The van der Waals surface area contributed by atoms with Crippen molar-refractivity contribution in [2.45, 2.75) is 13.3 Å². The minimum Gasteiger partial charge on any atom is -0.461 e. The highest BCUT2D eigenvalue weighted by Crippen LogP contribution is 2.47. The van der Waals surface area contributed by atoms with Crippen molar-refractivity contribution in [3.05, 3.63) is 11.9 Å². The molecule has 0 bridgehead atoms. The number of esters is 1. The van der Waals surface area contributed by atoms with E-state index < -0.39 is 13.6 Å². The molecule has 0 amide bonds. The summed E-state index contributed by atoms with van der Waals surface area (Å²) in [5, 5.41) is 3.08. The van der Waals surface area contributed by atoms with Gasteiger partial charge in [-0.1, -0.05) is 6.92 Å². The van der Waals surface area contributed by atoms with E-state index in [2.05, 4.69) is 21.3 Å². The standard InChI is InChI=1S/C10H20NO5P/c1-4-6-11-7-8-16-10(12)5-9-17(13,14-2)15-3/h5,9,11H,4,6-8H2,1-3H3. The summed E-state index contributed by atoms with van der Waals surface area (Å²) in [7, 11) is -0.792. The van der Waals surface area contributed by atoms with Gasteiger partial charge in [-0.25, -0.2) is 4.79 Å². The van der Waals surface area contributed by atoms with E-state index in [0.717, 1.165) is 24.9 Å². The van der Waals surface area contributed by atoms with Crippen LogP contribution in [0.4, 0.5) is 0 Å². The minimum absolute atomic E-state index is 0.271. The molecule has 7 heteroatoms. The maximum Gasteiger partial charge on any atom is 0.353 e. The topological polar surface area (TPSA) is 73.9 Å². The van der Waals surface area contributed by atoms with Gasteiger partial charge in [0.2, 0.25) is 0 Å². The second-order valence-corrected chi connectivity index (χ2v) is 5.25. The van der Waals surface area contributed by atoms with E-state index in [-0.39, 0.29) is 6.61 Å². The van der Waals surface area contributed by atoms with E-state index in [0.29, 0.717) is 6.54 Å². The van der Waals surface area contributed by atoms with Gasteiger partial charge in [-0.3, -0.25) is 4.57 Å². The van der Waals surface area contributed by atoms with Crippen LogP contribution in [0.15, 0.2) is 11.9 Å². The highest BCUT2D eigenvalue weighted by Gasteiger charge is 2.16. The molecule has 100 valence electrons. The van der Waals surface area contributed by atoms with Crippen LogP contribution in [0.1, 0.15) is 13.3 Å². The van der Waals surface area contributed by atoms with E-state index >= 15 is 0 Å². The van der Waals surface area contributed by atoms with Gasteiger partial charge in [0, 0.05) is 32.7 Å². The van der Waals surface area contributed by atoms with Gasteiger partial charge in [0.25, 0.3) is 0 Å². The smallest absolute Gasteiger partial charge is 0.353 e. The first kappa shape index (κ1) is 16.3. The molecule has 6 nitrogen and oxygen atoms in total. The largest absolute Gasteiger partial charge is 0.461 e. The maximum atomic E-state index is 11.5. The molecule has 0 aromatic rings. The van der Waals surface area contributed by atoms with Crippen molar-refractivity contribution in [3.63, 3.8) is 0 Å². The Balaban J connectivity index is 3.85. The summed E-state index contributed by atoms with van der Waals surface area (Å²) in [4.78, 5) is 11.2. The summed E-state index contributed by atoms with van der Waals surface area (Å²) < 4.78 is 25.6. The summed E-state index contributed by atoms with van der Waals surface area (Å²) >= 11 is 0. The average Bonchev–Trinajstić information content (AvgIpc) is 2.35. The molecular formula is C10H20NO5P. The Morgan fingerprint density at radius 3 is 2.47 bits per heavy atom. The van der Waals surface area contributed by atoms with Crippen LogP contribution in [-0.2, 0) is 23.1 Å². The van der Waals surface area contributed by atoms with E-state index in [1.807, 2.05) is 0 Å². The summed E-state index contributed by atoms with van der Waals surface area (Å²) in [6.45, 7) is 3.80. The van der Waals surface area contributed by atoms with E-state index in [1.165, 1.54) is 14.2 Å². The first-order valence-corrected chi connectivity index (χ1v) is 6.97. The Morgan fingerprint density at radius 2 is 1.94 bits per heavy atom. The average molecular weight is 265 g/mol. The lowest BCUT2D eigenvalue weighted by atomic mass is 10.5. The Kier molecular flexibility index (Phi) is 8.99. The second-order valence-electron chi connectivity index (χ2n) is 3.14. The normalized spacial score (nSPS) is 11.9. The zero-order valence-corrected chi connectivity index (χ0v) is 11.4. The number of rotatable bonds is 9. The van der Waals surface area contributed by atoms with Gasteiger partial charge in [-0.05, 0) is 13.0 Å². The summed E-state index contributed by atoms with van der Waals surface area (Å²) in [6.07, 6.45) is 2.08. The molecule has 17 heavy (non-hydrogen) atoms. The van der Waals surface area contributed by atoms with Crippen molar-refractivity contribution in [1.82, 2.24) is 5.32 Å². The zero-order valence-electron chi connectivity index (χ0n) is 10.5. The predicted molar refractivity (Wildman–Crippen MR) is 64.9 cm³/mol. The second kappa shape index (κ2) is 9.36. The number of carbonyl (C=O) groups excluding carboxylic acids is 1. The van der Waals surface area contributed by atoms with Crippen LogP contribution in [0, 0.1) is 0 Å². The number of hydrogen-bond acceptors (Lipinski definition) is 6. The van der Waals surface area contributed by atoms with Gasteiger partial charge in [0.15, 0.2) is 0 Å². The Hall–Kier alpha value is -0.680. The SMILES string of the molecule is CCCNCCOC(=O)C=CP(=O)(OC)OC. The molecule has 1 N–H and O–H groups in total. The van der Waals surface area contributed by atoms with Crippen molar-refractivity contribution in [2.75, 3.05) is 33.9 Å². The summed E-state index contributed by atoms with van der Waals surface area (Å²) in [6, 6.07) is 0. The van der Waals surface area contributed by atoms with E-state index in [4.69, 9.17) is 4.74 Å². The first-order chi connectivity index (χ1) is 8.08. The molecule has 0 heterocycles. The molecule has 0 aliphatic carbocycles. The third-order valence-corrected chi connectivity index (χ3v) is 3.38. The lowest BCUT2D eigenvalue weighted by molar-refractivity contribution is -0.137. The zero-order chi connectivity index (χ0) is 13.1. The maximum absolute atomic E-state index is 11.5. The third-order valence-electron chi connectivity index (χ3n) is 1.85. The molecule has 0 aromatic heterocycles. The molecule has 0 saturated carbocycles. The minimum atomic E-state index is -3.28. The van der Waals surface area contributed by atoms with Gasteiger partial charge in [0.05, 0.1) is 0 Å². The molecule has 0 fully saturated rings. The van der Waals surface area contributed by atoms with Crippen LogP contribution < -0.4 is 5.32 Å². The third kappa shape index (κ3) is 8.10. The van der Waals surface area contributed by atoms with Crippen LogP contribution in [0.5, 0.6) is 0 Å². The highest BCUT2D eigenvalue weighted by molar-refractivity contribution is 7.57. The van der Waals surface area contributed by atoms with E-state index in [1.54, 1.807) is 0 Å². The fourth-order valence-electron chi connectivity index (χ4n) is 0.922. The number of carbonyl (C=O) groups is 1. The first-order valence-electron chi connectivity index (χ1n) is 5.36. The van der Waals surface area contributed by atoms with Crippen molar-refractivity contribution >= 4 is 13.6 Å². The van der Waals surface area contributed by atoms with Crippen molar-refractivity contribution in [3.8, 4) is 0 Å².